The molecule has 0 saturated carbocycles. The molecule has 1 N–H and O–H groups in total. The molecular weight excluding hydrogens is 323 g/mol. The number of nitrogens with one attached hydrogen (secondary N) is 1. The van der Waals surface area contributed by atoms with Gasteiger partial charge < -0.3 is 5.32 Å². The molecule has 0 aliphatic heterocycles. The lowest BCUT2D eigenvalue weighted by molar-refractivity contribution is -0.141. The number of anilines is 1. The predicted octanol–water partition coefficient (Wildman–Crippen LogP) is 3.61. The van der Waals surface area contributed by atoms with Crippen molar-refractivity contribution in [3.8, 4) is 0 Å². The zero-order valence-corrected chi connectivity index (χ0v) is 13.3. The van der Waals surface area contributed by atoms with Crippen LogP contribution in [0.25, 0.3) is 0 Å². The number of rotatable bonds is 4. The highest BCUT2D eigenvalue weighted by Gasteiger charge is 2.35. The second-order valence-electron chi connectivity index (χ2n) is 5.41. The first kappa shape index (κ1) is 17.7. The molecule has 0 saturated heterocycles. The molecule has 1 unspecified atom stereocenters. The topological polar surface area (TPSA) is 64.0 Å². The number of aryl methyl sites for hydroxylation is 1. The van der Waals surface area contributed by atoms with Crippen LogP contribution in [0.1, 0.15) is 41.6 Å². The maximum Gasteiger partial charge on any atom is 0.435 e. The minimum absolute atomic E-state index is 0.104. The average molecular weight is 339 g/mol. The summed E-state index contributed by atoms with van der Waals surface area (Å²) >= 11 is 0. The standard InChI is InChI=1S/C16H16F3N3O2/c1-9-8-14(16(17,18)19)21-22(9)10(2)15(24)20-13-6-4-12(5-7-13)11(3)23/h4-8,10H,1-3H3,(H,20,24). The number of hydrogen-bond donors (Lipinski definition) is 1. The van der Waals surface area contributed by atoms with Crippen molar-refractivity contribution in [3.05, 3.63) is 47.3 Å². The minimum Gasteiger partial charge on any atom is -0.324 e. The third-order valence-electron chi connectivity index (χ3n) is 3.52. The van der Waals surface area contributed by atoms with E-state index in [9.17, 15) is 22.8 Å². The third kappa shape index (κ3) is 3.81. The molecule has 128 valence electrons. The Morgan fingerprint density at radius 1 is 1.21 bits per heavy atom. The summed E-state index contributed by atoms with van der Waals surface area (Å²) in [5.74, 6) is -0.612. The van der Waals surface area contributed by atoms with Gasteiger partial charge >= 0.3 is 6.18 Å². The van der Waals surface area contributed by atoms with E-state index in [1.54, 1.807) is 24.3 Å². The average Bonchev–Trinajstić information content (AvgIpc) is 2.89. The predicted molar refractivity (Wildman–Crippen MR) is 81.8 cm³/mol. The quantitative estimate of drug-likeness (QED) is 0.866. The van der Waals surface area contributed by atoms with E-state index >= 15 is 0 Å². The zero-order valence-electron chi connectivity index (χ0n) is 13.3. The molecule has 0 aliphatic carbocycles. The van der Waals surface area contributed by atoms with Crippen LogP contribution in [0.2, 0.25) is 0 Å². The van der Waals surface area contributed by atoms with E-state index in [1.165, 1.54) is 20.8 Å². The maximum atomic E-state index is 12.7. The Labute approximate surface area is 136 Å². The zero-order chi connectivity index (χ0) is 18.1. The number of alkyl halides is 3. The van der Waals surface area contributed by atoms with E-state index in [1.807, 2.05) is 0 Å². The Hall–Kier alpha value is -2.64. The van der Waals surface area contributed by atoms with Crippen LogP contribution >= 0.6 is 0 Å². The molecule has 0 fully saturated rings. The second kappa shape index (κ2) is 6.46. The number of ketones is 1. The van der Waals surface area contributed by atoms with Gasteiger partial charge in [-0.1, -0.05) is 0 Å². The molecule has 2 aromatic rings. The van der Waals surface area contributed by atoms with Gasteiger partial charge in [-0.15, -0.1) is 0 Å². The Morgan fingerprint density at radius 2 is 1.79 bits per heavy atom. The summed E-state index contributed by atoms with van der Waals surface area (Å²) in [4.78, 5) is 23.4. The Balaban J connectivity index is 2.15. The summed E-state index contributed by atoms with van der Waals surface area (Å²) < 4.78 is 39.1. The van der Waals surface area contributed by atoms with Crippen molar-refractivity contribution in [2.75, 3.05) is 5.32 Å². The van der Waals surface area contributed by atoms with Crippen LogP contribution in [0.3, 0.4) is 0 Å². The normalized spacial score (nSPS) is 12.8. The van der Waals surface area contributed by atoms with Crippen LogP contribution in [-0.2, 0) is 11.0 Å². The molecule has 0 spiro atoms. The smallest absolute Gasteiger partial charge is 0.324 e. The van der Waals surface area contributed by atoms with Crippen LogP contribution in [-0.4, -0.2) is 21.5 Å². The summed E-state index contributed by atoms with van der Waals surface area (Å²) in [6.45, 7) is 4.33. The van der Waals surface area contributed by atoms with Gasteiger partial charge in [0.25, 0.3) is 0 Å². The van der Waals surface area contributed by atoms with Crippen molar-refractivity contribution in [3.63, 3.8) is 0 Å². The van der Waals surface area contributed by atoms with Gasteiger partial charge in [-0.05, 0) is 51.1 Å². The van der Waals surface area contributed by atoms with Crippen molar-refractivity contribution in [2.45, 2.75) is 33.0 Å². The van der Waals surface area contributed by atoms with E-state index in [4.69, 9.17) is 0 Å². The van der Waals surface area contributed by atoms with Gasteiger partial charge in [-0.3, -0.25) is 14.3 Å². The fraction of sp³-hybridized carbons (Fsp3) is 0.312. The Morgan fingerprint density at radius 3 is 2.25 bits per heavy atom. The van der Waals surface area contributed by atoms with Crippen LogP contribution in [0.4, 0.5) is 18.9 Å². The van der Waals surface area contributed by atoms with Gasteiger partial charge in [0.1, 0.15) is 6.04 Å². The molecule has 0 aliphatic rings. The van der Waals surface area contributed by atoms with Gasteiger partial charge in [-0.25, -0.2) is 0 Å². The van der Waals surface area contributed by atoms with Gasteiger partial charge in [0.2, 0.25) is 5.91 Å². The van der Waals surface area contributed by atoms with Crippen molar-refractivity contribution in [1.82, 2.24) is 9.78 Å². The number of halogens is 3. The van der Waals surface area contributed by atoms with E-state index in [0.29, 0.717) is 11.3 Å². The molecule has 1 atom stereocenters. The SMILES string of the molecule is CC(=O)c1ccc(NC(=O)C(C)n2nc(C(F)(F)F)cc2C)cc1. The molecule has 0 radical (unpaired) electrons. The van der Waals surface area contributed by atoms with Crippen LogP contribution < -0.4 is 5.32 Å². The minimum atomic E-state index is -4.56. The lowest BCUT2D eigenvalue weighted by atomic mass is 10.1. The Bertz CT molecular complexity index is 764. The third-order valence-corrected chi connectivity index (χ3v) is 3.52. The van der Waals surface area contributed by atoms with Crippen molar-refractivity contribution < 1.29 is 22.8 Å². The number of nitrogens with zero attached hydrogens (tertiary/aromatic N) is 2. The molecule has 2 rings (SSSR count). The summed E-state index contributed by atoms with van der Waals surface area (Å²) in [5.41, 5.74) is 0.138. The fourth-order valence-corrected chi connectivity index (χ4v) is 2.16. The van der Waals surface area contributed by atoms with Gasteiger partial charge in [0.15, 0.2) is 11.5 Å². The second-order valence-corrected chi connectivity index (χ2v) is 5.41. The number of Topliss-reactive ketones (excluding diaryl/α,β-unsaturated/α-hetero) is 1. The van der Waals surface area contributed by atoms with E-state index < -0.39 is 23.8 Å². The summed E-state index contributed by atoms with van der Waals surface area (Å²) in [7, 11) is 0. The first-order valence-corrected chi connectivity index (χ1v) is 7.15. The monoisotopic (exact) mass is 339 g/mol. The molecule has 1 aromatic carbocycles. The molecule has 0 bridgehead atoms. The Kier molecular flexibility index (Phi) is 4.77. The van der Waals surface area contributed by atoms with Crippen LogP contribution in [0, 0.1) is 6.92 Å². The fourth-order valence-electron chi connectivity index (χ4n) is 2.16. The molecule has 5 nitrogen and oxygen atoms in total. The van der Waals surface area contributed by atoms with Crippen molar-refractivity contribution >= 4 is 17.4 Å². The summed E-state index contributed by atoms with van der Waals surface area (Å²) in [5, 5.41) is 6.06. The number of carbonyl (C=O) groups excluding carboxylic acids is 2. The maximum absolute atomic E-state index is 12.7. The molecule has 24 heavy (non-hydrogen) atoms. The number of carbonyl (C=O) groups is 2. The number of benzene rings is 1. The first-order valence-electron chi connectivity index (χ1n) is 7.15. The first-order chi connectivity index (χ1) is 11.1. The molecule has 8 heteroatoms. The molecule has 1 heterocycles. The van der Waals surface area contributed by atoms with E-state index in [2.05, 4.69) is 10.4 Å². The summed E-state index contributed by atoms with van der Waals surface area (Å²) in [6.07, 6.45) is -4.56. The van der Waals surface area contributed by atoms with Gasteiger partial charge in [-0.2, -0.15) is 18.3 Å². The van der Waals surface area contributed by atoms with Gasteiger partial charge in [0.05, 0.1) is 0 Å². The van der Waals surface area contributed by atoms with E-state index in [0.717, 1.165) is 10.7 Å². The molecular formula is C16H16F3N3O2. The van der Waals surface area contributed by atoms with E-state index in [-0.39, 0.29) is 11.5 Å². The van der Waals surface area contributed by atoms with Crippen LogP contribution in [0.15, 0.2) is 30.3 Å². The largest absolute Gasteiger partial charge is 0.435 e. The lowest BCUT2D eigenvalue weighted by Gasteiger charge is -2.14. The number of aromatic nitrogens is 2. The molecule has 1 aromatic heterocycles. The highest BCUT2D eigenvalue weighted by molar-refractivity contribution is 5.96. The van der Waals surface area contributed by atoms with Crippen molar-refractivity contribution in [1.29, 1.82) is 0 Å². The number of hydrogen-bond acceptors (Lipinski definition) is 3. The van der Waals surface area contributed by atoms with Crippen molar-refractivity contribution in [2.24, 2.45) is 0 Å². The molecule has 1 amide bonds. The van der Waals surface area contributed by atoms with Crippen LogP contribution in [0.5, 0.6) is 0 Å². The summed E-state index contributed by atoms with van der Waals surface area (Å²) in [6, 6.07) is 6.20. The highest BCUT2D eigenvalue weighted by atomic mass is 19.4. The highest BCUT2D eigenvalue weighted by Crippen LogP contribution is 2.29. The lowest BCUT2D eigenvalue weighted by Crippen LogP contribution is -2.25. The van der Waals surface area contributed by atoms with Gasteiger partial charge in [0, 0.05) is 16.9 Å². The number of amides is 1.